The molecule has 1 aliphatic rings. The molecule has 1 amide bonds. The van der Waals surface area contributed by atoms with Crippen LogP contribution in [-0.4, -0.2) is 38.9 Å². The molecule has 0 saturated carbocycles. The molecule has 0 unspecified atom stereocenters. The standard InChI is InChI=1S/C12H13ClN2O3/c1-15-8-5-10(18-3)9(17-2)4-7(8)12(13)14-6-11(15)16/h4-5H,6H2,1-3H3. The van der Waals surface area contributed by atoms with Crippen LogP contribution in [0.15, 0.2) is 17.1 Å². The predicted molar refractivity (Wildman–Crippen MR) is 70.2 cm³/mol. The molecule has 0 aromatic heterocycles. The molecule has 18 heavy (non-hydrogen) atoms. The topological polar surface area (TPSA) is 51.1 Å². The first-order valence-corrected chi connectivity index (χ1v) is 5.69. The smallest absolute Gasteiger partial charge is 0.248 e. The number of hydrogen-bond donors (Lipinski definition) is 0. The van der Waals surface area contributed by atoms with E-state index in [9.17, 15) is 4.79 Å². The summed E-state index contributed by atoms with van der Waals surface area (Å²) in [7, 11) is 4.76. The molecule has 1 heterocycles. The van der Waals surface area contributed by atoms with Crippen LogP contribution in [0.5, 0.6) is 11.5 Å². The molecule has 1 aromatic carbocycles. The van der Waals surface area contributed by atoms with Gasteiger partial charge in [0.15, 0.2) is 11.5 Å². The van der Waals surface area contributed by atoms with Crippen molar-refractivity contribution in [3.63, 3.8) is 0 Å². The van der Waals surface area contributed by atoms with Crippen LogP contribution in [0.3, 0.4) is 0 Å². The van der Waals surface area contributed by atoms with Gasteiger partial charge in [0, 0.05) is 18.7 Å². The number of amides is 1. The number of fused-ring (bicyclic) bond motifs is 1. The molecular weight excluding hydrogens is 256 g/mol. The number of anilines is 1. The monoisotopic (exact) mass is 268 g/mol. The number of ether oxygens (including phenoxy) is 2. The molecule has 0 saturated heterocycles. The predicted octanol–water partition coefficient (Wildman–Crippen LogP) is 1.67. The van der Waals surface area contributed by atoms with E-state index in [2.05, 4.69) is 4.99 Å². The minimum atomic E-state index is -0.126. The van der Waals surface area contributed by atoms with Gasteiger partial charge in [0.1, 0.15) is 11.7 Å². The number of nitrogens with zero attached hydrogens (tertiary/aromatic N) is 2. The second-order valence-corrected chi connectivity index (χ2v) is 4.14. The van der Waals surface area contributed by atoms with Crippen LogP contribution >= 0.6 is 11.6 Å². The van der Waals surface area contributed by atoms with E-state index < -0.39 is 0 Å². The zero-order valence-corrected chi connectivity index (χ0v) is 11.1. The number of benzene rings is 1. The summed E-state index contributed by atoms with van der Waals surface area (Å²) in [6, 6.07) is 3.43. The Balaban J connectivity index is 2.66. The van der Waals surface area contributed by atoms with Crippen molar-refractivity contribution in [3.05, 3.63) is 17.7 Å². The minimum Gasteiger partial charge on any atom is -0.493 e. The molecule has 6 heteroatoms. The molecule has 2 rings (SSSR count). The number of aliphatic imine (C=N–C) groups is 1. The first-order chi connectivity index (χ1) is 8.58. The summed E-state index contributed by atoms with van der Waals surface area (Å²) < 4.78 is 10.4. The number of hydrogen-bond acceptors (Lipinski definition) is 4. The van der Waals surface area contributed by atoms with Crippen molar-refractivity contribution in [3.8, 4) is 11.5 Å². The number of carbonyl (C=O) groups excluding carboxylic acids is 1. The van der Waals surface area contributed by atoms with Gasteiger partial charge in [-0.25, -0.2) is 0 Å². The fourth-order valence-corrected chi connectivity index (χ4v) is 1.98. The third-order valence-electron chi connectivity index (χ3n) is 2.81. The zero-order valence-electron chi connectivity index (χ0n) is 10.4. The first kappa shape index (κ1) is 12.7. The largest absolute Gasteiger partial charge is 0.493 e. The van der Waals surface area contributed by atoms with Crippen LogP contribution in [-0.2, 0) is 4.79 Å². The average molecular weight is 269 g/mol. The van der Waals surface area contributed by atoms with Gasteiger partial charge >= 0.3 is 0 Å². The molecule has 0 bridgehead atoms. The van der Waals surface area contributed by atoms with Crippen molar-refractivity contribution < 1.29 is 14.3 Å². The van der Waals surface area contributed by atoms with Gasteiger partial charge in [0.25, 0.3) is 0 Å². The highest BCUT2D eigenvalue weighted by Gasteiger charge is 2.23. The number of methoxy groups -OCH3 is 2. The number of benzodiazepines with no additional fused rings is 1. The first-order valence-electron chi connectivity index (χ1n) is 5.31. The van der Waals surface area contributed by atoms with Crippen molar-refractivity contribution in [2.75, 3.05) is 32.7 Å². The third-order valence-corrected chi connectivity index (χ3v) is 3.14. The maximum Gasteiger partial charge on any atom is 0.248 e. The summed E-state index contributed by atoms with van der Waals surface area (Å²) in [6.45, 7) is 0.0364. The fraction of sp³-hybridized carbons (Fsp3) is 0.333. The lowest BCUT2D eigenvalue weighted by molar-refractivity contribution is -0.116. The molecule has 1 aliphatic heterocycles. The molecule has 96 valence electrons. The van der Waals surface area contributed by atoms with Crippen LogP contribution in [0, 0.1) is 0 Å². The summed E-state index contributed by atoms with van der Waals surface area (Å²) in [4.78, 5) is 17.3. The lowest BCUT2D eigenvalue weighted by Gasteiger charge is -2.19. The Morgan fingerprint density at radius 3 is 2.50 bits per heavy atom. The molecule has 0 spiro atoms. The van der Waals surface area contributed by atoms with Gasteiger partial charge in [-0.2, -0.15) is 0 Å². The van der Waals surface area contributed by atoms with E-state index in [1.165, 1.54) is 4.90 Å². The highest BCUT2D eigenvalue weighted by molar-refractivity contribution is 6.70. The molecule has 0 atom stereocenters. The Morgan fingerprint density at radius 2 is 1.89 bits per heavy atom. The number of rotatable bonds is 2. The molecule has 0 N–H and O–H groups in total. The molecule has 5 nitrogen and oxygen atoms in total. The van der Waals surface area contributed by atoms with Crippen LogP contribution in [0.25, 0.3) is 0 Å². The summed E-state index contributed by atoms with van der Waals surface area (Å²) in [5.41, 5.74) is 1.31. The van der Waals surface area contributed by atoms with Crippen LogP contribution in [0.2, 0.25) is 0 Å². The normalized spacial score (nSPS) is 14.8. The van der Waals surface area contributed by atoms with Gasteiger partial charge in [-0.3, -0.25) is 9.79 Å². The van der Waals surface area contributed by atoms with E-state index in [1.54, 1.807) is 33.4 Å². The van der Waals surface area contributed by atoms with Gasteiger partial charge in [-0.1, -0.05) is 11.6 Å². The van der Waals surface area contributed by atoms with E-state index in [1.807, 2.05) is 0 Å². The van der Waals surface area contributed by atoms with Gasteiger partial charge in [-0.05, 0) is 6.07 Å². The molecular formula is C12H13ClN2O3. The summed E-state index contributed by atoms with van der Waals surface area (Å²) in [5.74, 6) is 0.966. The third kappa shape index (κ3) is 2.01. The summed E-state index contributed by atoms with van der Waals surface area (Å²) in [5, 5.41) is 0.295. The van der Waals surface area contributed by atoms with Crippen LogP contribution < -0.4 is 14.4 Å². The Bertz CT molecular complexity index is 528. The van der Waals surface area contributed by atoms with E-state index in [0.29, 0.717) is 27.9 Å². The second-order valence-electron chi connectivity index (χ2n) is 3.78. The Labute approximate surface area is 110 Å². The second kappa shape index (κ2) is 4.86. The Hall–Kier alpha value is -1.75. The summed E-state index contributed by atoms with van der Waals surface area (Å²) >= 11 is 6.08. The quantitative estimate of drug-likeness (QED) is 0.820. The molecule has 0 fully saturated rings. The van der Waals surface area contributed by atoms with Gasteiger partial charge in [0.2, 0.25) is 5.91 Å². The van der Waals surface area contributed by atoms with Crippen molar-refractivity contribution in [2.24, 2.45) is 4.99 Å². The Morgan fingerprint density at radius 1 is 1.28 bits per heavy atom. The highest BCUT2D eigenvalue weighted by Crippen LogP contribution is 2.36. The van der Waals surface area contributed by atoms with Gasteiger partial charge in [0.05, 0.1) is 19.9 Å². The van der Waals surface area contributed by atoms with Gasteiger partial charge in [-0.15, -0.1) is 0 Å². The fourth-order valence-electron chi connectivity index (χ4n) is 1.77. The van der Waals surface area contributed by atoms with Crippen LogP contribution in [0.1, 0.15) is 5.56 Å². The lowest BCUT2D eigenvalue weighted by atomic mass is 10.1. The number of halogens is 1. The van der Waals surface area contributed by atoms with Crippen molar-refractivity contribution in [1.82, 2.24) is 0 Å². The van der Waals surface area contributed by atoms with Crippen molar-refractivity contribution in [2.45, 2.75) is 0 Å². The maximum atomic E-state index is 11.8. The number of carbonyl (C=O) groups is 1. The SMILES string of the molecule is COc1cc2c(cc1OC)N(C)C(=O)CN=C2Cl. The Kier molecular flexibility index (Phi) is 3.43. The van der Waals surface area contributed by atoms with E-state index in [0.717, 1.165) is 0 Å². The highest BCUT2D eigenvalue weighted by atomic mass is 35.5. The van der Waals surface area contributed by atoms with E-state index in [4.69, 9.17) is 21.1 Å². The molecule has 0 aliphatic carbocycles. The van der Waals surface area contributed by atoms with Crippen molar-refractivity contribution in [1.29, 1.82) is 0 Å². The average Bonchev–Trinajstić information content (AvgIpc) is 2.50. The van der Waals surface area contributed by atoms with Crippen molar-refractivity contribution >= 4 is 28.4 Å². The lowest BCUT2D eigenvalue weighted by Crippen LogP contribution is -2.27. The maximum absolute atomic E-state index is 11.8. The minimum absolute atomic E-state index is 0.0364. The van der Waals surface area contributed by atoms with E-state index in [-0.39, 0.29) is 12.5 Å². The van der Waals surface area contributed by atoms with E-state index >= 15 is 0 Å². The molecule has 0 radical (unpaired) electrons. The summed E-state index contributed by atoms with van der Waals surface area (Å²) in [6.07, 6.45) is 0. The van der Waals surface area contributed by atoms with Gasteiger partial charge < -0.3 is 14.4 Å². The zero-order chi connectivity index (χ0) is 13.3. The van der Waals surface area contributed by atoms with Crippen LogP contribution in [0.4, 0.5) is 5.69 Å². The molecule has 1 aromatic rings. The number of likely N-dealkylation sites (N-methyl/N-ethyl adjacent to an activating group) is 1.